The summed E-state index contributed by atoms with van der Waals surface area (Å²) in [5.41, 5.74) is 6.20. The molecule has 0 heterocycles. The number of nitrogens with one attached hydrogen (secondary N) is 2. The number of carbonyl (C=O) groups excluding carboxylic acids is 2. The molecule has 22 heavy (non-hydrogen) atoms. The Hall–Kier alpha value is -1.79. The number of carbonyl (C=O) groups is 2. The fourth-order valence-electron chi connectivity index (χ4n) is 1.80. The Balaban J connectivity index is 0.00000441. The van der Waals surface area contributed by atoms with Gasteiger partial charge in [-0.1, -0.05) is 19.4 Å². The molecule has 0 bridgehead atoms. The normalized spacial score (nSPS) is 11.0. The minimum atomic E-state index is -0.482. The second-order valence-electron chi connectivity index (χ2n) is 4.67. The lowest BCUT2D eigenvalue weighted by atomic mass is 10.2. The van der Waals surface area contributed by atoms with Crippen LogP contribution >= 0.6 is 12.4 Å². The molecule has 7 heteroatoms. The predicted octanol–water partition coefficient (Wildman–Crippen LogP) is 1.09. The molecule has 1 aromatic carbocycles. The van der Waals surface area contributed by atoms with Crippen molar-refractivity contribution in [1.82, 2.24) is 10.6 Å². The first-order valence-electron chi connectivity index (χ1n) is 7.04. The third-order valence-corrected chi connectivity index (χ3v) is 2.98. The van der Waals surface area contributed by atoms with Crippen LogP contribution in [0.2, 0.25) is 0 Å². The lowest BCUT2D eigenvalue weighted by molar-refractivity contribution is -0.122. The summed E-state index contributed by atoms with van der Waals surface area (Å²) in [6.45, 7) is 2.67. The summed E-state index contributed by atoms with van der Waals surface area (Å²) in [6, 6.07) is 6.40. The zero-order valence-corrected chi connectivity index (χ0v) is 13.7. The Kier molecular flexibility index (Phi) is 9.98. The fourth-order valence-corrected chi connectivity index (χ4v) is 1.80. The fraction of sp³-hybridized carbons (Fsp3) is 0.467. The van der Waals surface area contributed by atoms with Gasteiger partial charge in [0.1, 0.15) is 5.75 Å². The summed E-state index contributed by atoms with van der Waals surface area (Å²) in [6.07, 6.45) is 1.52. The Labute approximate surface area is 137 Å². The molecule has 0 aliphatic rings. The largest absolute Gasteiger partial charge is 0.497 e. The summed E-state index contributed by atoms with van der Waals surface area (Å²) in [5, 5.41) is 5.42. The molecular formula is C15H24ClN3O3. The van der Waals surface area contributed by atoms with Crippen LogP contribution in [-0.2, 0) is 4.79 Å². The van der Waals surface area contributed by atoms with Gasteiger partial charge in [-0.05, 0) is 24.6 Å². The molecule has 0 radical (unpaired) electrons. The Morgan fingerprint density at radius 1 is 1.27 bits per heavy atom. The van der Waals surface area contributed by atoms with Crippen molar-refractivity contribution in [3.05, 3.63) is 29.8 Å². The van der Waals surface area contributed by atoms with Gasteiger partial charge in [0.05, 0.1) is 13.2 Å². The molecule has 0 spiro atoms. The molecule has 6 nitrogen and oxygen atoms in total. The molecule has 0 aliphatic heterocycles. The molecule has 2 amide bonds. The van der Waals surface area contributed by atoms with E-state index >= 15 is 0 Å². The predicted molar refractivity (Wildman–Crippen MR) is 88.5 cm³/mol. The highest BCUT2D eigenvalue weighted by atomic mass is 35.5. The summed E-state index contributed by atoms with van der Waals surface area (Å²) >= 11 is 0. The van der Waals surface area contributed by atoms with E-state index in [-0.39, 0.29) is 24.2 Å². The summed E-state index contributed by atoms with van der Waals surface area (Å²) in [7, 11) is 1.55. The lowest BCUT2D eigenvalue weighted by Crippen LogP contribution is -2.43. The van der Waals surface area contributed by atoms with Crippen molar-refractivity contribution in [2.45, 2.75) is 25.8 Å². The molecule has 4 N–H and O–H groups in total. The maximum atomic E-state index is 11.9. The number of ether oxygens (including phenoxy) is 1. The molecule has 124 valence electrons. The van der Waals surface area contributed by atoms with Gasteiger partial charge in [0, 0.05) is 18.7 Å². The van der Waals surface area contributed by atoms with Crippen LogP contribution in [-0.4, -0.2) is 38.1 Å². The first-order valence-corrected chi connectivity index (χ1v) is 7.04. The van der Waals surface area contributed by atoms with Crippen molar-refractivity contribution in [2.75, 3.05) is 20.2 Å². The minimum Gasteiger partial charge on any atom is -0.497 e. The van der Waals surface area contributed by atoms with Crippen molar-refractivity contribution < 1.29 is 14.3 Å². The number of halogens is 1. The topological polar surface area (TPSA) is 93.5 Å². The van der Waals surface area contributed by atoms with E-state index in [0.717, 1.165) is 6.42 Å². The molecule has 1 unspecified atom stereocenters. The van der Waals surface area contributed by atoms with E-state index in [4.69, 9.17) is 10.5 Å². The second-order valence-corrected chi connectivity index (χ2v) is 4.67. The summed E-state index contributed by atoms with van der Waals surface area (Å²) in [5.74, 6) is 0.231. The zero-order valence-electron chi connectivity index (χ0n) is 12.9. The van der Waals surface area contributed by atoms with Gasteiger partial charge in [-0.2, -0.15) is 0 Å². The summed E-state index contributed by atoms with van der Waals surface area (Å²) < 4.78 is 5.06. The van der Waals surface area contributed by atoms with Crippen LogP contribution in [0.1, 0.15) is 30.1 Å². The maximum Gasteiger partial charge on any atom is 0.251 e. The zero-order chi connectivity index (χ0) is 15.7. The molecule has 1 aromatic rings. The monoisotopic (exact) mass is 329 g/mol. The van der Waals surface area contributed by atoms with E-state index < -0.39 is 6.04 Å². The number of hydrogen-bond acceptors (Lipinski definition) is 4. The van der Waals surface area contributed by atoms with E-state index in [2.05, 4.69) is 10.6 Å². The lowest BCUT2D eigenvalue weighted by Gasteiger charge is -2.11. The molecule has 0 saturated carbocycles. The minimum absolute atomic E-state index is 0. The number of hydrogen-bond donors (Lipinski definition) is 3. The van der Waals surface area contributed by atoms with Gasteiger partial charge in [0.25, 0.3) is 5.91 Å². The highest BCUT2D eigenvalue weighted by molar-refractivity contribution is 5.94. The standard InChI is InChI=1S/C15H23N3O3.ClH/c1-3-5-13(16)15(20)18-9-8-17-14(19)11-6-4-7-12(10-11)21-2;/h4,6-7,10,13H,3,5,8-9,16H2,1-2H3,(H,17,19)(H,18,20);1H. The third-order valence-electron chi connectivity index (χ3n) is 2.98. The Morgan fingerprint density at radius 2 is 1.95 bits per heavy atom. The van der Waals surface area contributed by atoms with Gasteiger partial charge in [-0.25, -0.2) is 0 Å². The van der Waals surface area contributed by atoms with Crippen molar-refractivity contribution in [2.24, 2.45) is 5.73 Å². The van der Waals surface area contributed by atoms with Gasteiger partial charge in [0.2, 0.25) is 5.91 Å². The van der Waals surface area contributed by atoms with Crippen LogP contribution < -0.4 is 21.1 Å². The summed E-state index contributed by atoms with van der Waals surface area (Å²) in [4.78, 5) is 23.5. The Morgan fingerprint density at radius 3 is 2.59 bits per heavy atom. The van der Waals surface area contributed by atoms with Crippen molar-refractivity contribution in [1.29, 1.82) is 0 Å². The van der Waals surface area contributed by atoms with E-state index in [1.165, 1.54) is 0 Å². The molecule has 1 rings (SSSR count). The number of rotatable bonds is 8. The molecule has 0 aliphatic carbocycles. The third kappa shape index (κ3) is 6.78. The number of benzene rings is 1. The van der Waals surface area contributed by atoms with E-state index in [0.29, 0.717) is 30.8 Å². The molecule has 0 saturated heterocycles. The van der Waals surface area contributed by atoms with Crippen LogP contribution in [0.15, 0.2) is 24.3 Å². The first kappa shape index (κ1) is 20.2. The number of methoxy groups -OCH3 is 1. The van der Waals surface area contributed by atoms with Gasteiger partial charge >= 0.3 is 0 Å². The van der Waals surface area contributed by atoms with E-state index in [1.54, 1.807) is 31.4 Å². The van der Waals surface area contributed by atoms with Crippen LogP contribution in [0.25, 0.3) is 0 Å². The average molecular weight is 330 g/mol. The van der Waals surface area contributed by atoms with Gasteiger partial charge in [0.15, 0.2) is 0 Å². The maximum absolute atomic E-state index is 11.9. The first-order chi connectivity index (χ1) is 10.1. The molecular weight excluding hydrogens is 306 g/mol. The number of nitrogens with two attached hydrogens (primary N) is 1. The highest BCUT2D eigenvalue weighted by Crippen LogP contribution is 2.12. The smallest absolute Gasteiger partial charge is 0.251 e. The Bertz CT molecular complexity index is 483. The molecule has 0 fully saturated rings. The van der Waals surface area contributed by atoms with Gasteiger partial charge in [-0.15, -0.1) is 12.4 Å². The highest BCUT2D eigenvalue weighted by Gasteiger charge is 2.11. The number of amides is 2. The van der Waals surface area contributed by atoms with Crippen LogP contribution in [0, 0.1) is 0 Å². The van der Waals surface area contributed by atoms with E-state index in [9.17, 15) is 9.59 Å². The molecule has 0 aromatic heterocycles. The van der Waals surface area contributed by atoms with Crippen molar-refractivity contribution >= 4 is 24.2 Å². The van der Waals surface area contributed by atoms with Gasteiger partial charge < -0.3 is 21.1 Å². The van der Waals surface area contributed by atoms with Crippen LogP contribution in [0.3, 0.4) is 0 Å². The van der Waals surface area contributed by atoms with Crippen LogP contribution in [0.5, 0.6) is 5.75 Å². The molecule has 1 atom stereocenters. The average Bonchev–Trinajstić information content (AvgIpc) is 2.51. The quantitative estimate of drug-likeness (QED) is 0.622. The van der Waals surface area contributed by atoms with E-state index in [1.807, 2.05) is 6.92 Å². The van der Waals surface area contributed by atoms with Crippen molar-refractivity contribution in [3.63, 3.8) is 0 Å². The van der Waals surface area contributed by atoms with Crippen LogP contribution in [0.4, 0.5) is 0 Å². The van der Waals surface area contributed by atoms with Crippen molar-refractivity contribution in [3.8, 4) is 5.75 Å². The SMILES string of the molecule is CCCC(N)C(=O)NCCNC(=O)c1cccc(OC)c1.Cl. The van der Waals surface area contributed by atoms with Gasteiger partial charge in [-0.3, -0.25) is 9.59 Å². The second kappa shape index (κ2) is 10.9.